The molecule has 11 nitrogen and oxygen atoms in total. The minimum Gasteiger partial charge on any atom is -0.466 e. The van der Waals surface area contributed by atoms with E-state index < -0.39 is 20.8 Å². The van der Waals surface area contributed by atoms with Crippen LogP contribution in [0.1, 0.15) is 78.1 Å². The maximum atomic E-state index is 11.0. The van der Waals surface area contributed by atoms with Gasteiger partial charge in [0.1, 0.15) is 0 Å². The smallest absolute Gasteiger partial charge is 0.397 e. The van der Waals surface area contributed by atoms with E-state index in [9.17, 15) is 13.2 Å². The van der Waals surface area contributed by atoms with Crippen LogP contribution in [0.5, 0.6) is 0 Å². The standard InChI is InChI=1S/C14H29NO2.C2H6O4S.H2O4S/c1-2-17-14(16)12-10-8-6-4-3-5-7-9-11-13-15;1-2-6-7(3,4)5;1-5(2,3)4/h2-13,15H2,1H3;2H2,1H3,(H,3,4,5);(H2,1,2,3,4). The van der Waals surface area contributed by atoms with Crippen LogP contribution in [0.15, 0.2) is 0 Å². The first-order chi connectivity index (χ1) is 13.4. The molecular weight excluding hydrogens is 430 g/mol. The first-order valence-corrected chi connectivity index (χ1v) is 12.3. The van der Waals surface area contributed by atoms with Crippen LogP contribution in [-0.2, 0) is 34.5 Å². The minimum atomic E-state index is -4.67. The fraction of sp³-hybridized carbons (Fsp3) is 0.938. The number of carbonyl (C=O) groups is 1. The summed E-state index contributed by atoms with van der Waals surface area (Å²) in [5, 5.41) is 0. The summed E-state index contributed by atoms with van der Waals surface area (Å²) >= 11 is 0. The monoisotopic (exact) mass is 467 g/mol. The molecule has 0 aliphatic carbocycles. The van der Waals surface area contributed by atoms with E-state index in [4.69, 9.17) is 32.5 Å². The molecule has 0 aromatic carbocycles. The molecule has 0 rings (SSSR count). The van der Waals surface area contributed by atoms with Gasteiger partial charge in [0.25, 0.3) is 0 Å². The van der Waals surface area contributed by atoms with Crippen molar-refractivity contribution in [2.24, 2.45) is 5.73 Å². The Kier molecular flexibility index (Phi) is 24.8. The Balaban J connectivity index is -0.000000461. The van der Waals surface area contributed by atoms with Crippen molar-refractivity contribution in [3.8, 4) is 0 Å². The molecule has 0 unspecified atom stereocenters. The molecule has 0 aliphatic rings. The topological polar surface area (TPSA) is 191 Å². The summed E-state index contributed by atoms with van der Waals surface area (Å²) in [4.78, 5) is 11.0. The number of unbranched alkanes of at least 4 members (excludes halogenated alkanes) is 8. The van der Waals surface area contributed by atoms with Crippen LogP contribution in [0.3, 0.4) is 0 Å². The number of esters is 1. The molecule has 0 aliphatic heterocycles. The summed E-state index contributed by atoms with van der Waals surface area (Å²) in [6.07, 6.45) is 11.7. The summed E-state index contributed by atoms with van der Waals surface area (Å²) in [6.45, 7) is 4.62. The highest BCUT2D eigenvalue weighted by atomic mass is 32.3. The Morgan fingerprint density at radius 2 is 1.14 bits per heavy atom. The highest BCUT2D eigenvalue weighted by Crippen LogP contribution is 2.10. The van der Waals surface area contributed by atoms with Gasteiger partial charge in [0.15, 0.2) is 0 Å². The summed E-state index contributed by atoms with van der Waals surface area (Å²) in [7, 11) is -8.84. The van der Waals surface area contributed by atoms with Crippen molar-refractivity contribution in [1.82, 2.24) is 0 Å². The van der Waals surface area contributed by atoms with E-state index in [0.717, 1.165) is 19.4 Å². The van der Waals surface area contributed by atoms with Crippen LogP contribution in [0.4, 0.5) is 0 Å². The van der Waals surface area contributed by atoms with Crippen molar-refractivity contribution < 1.29 is 44.2 Å². The highest BCUT2D eigenvalue weighted by molar-refractivity contribution is 7.80. The Bertz CT molecular complexity index is 556. The van der Waals surface area contributed by atoms with Gasteiger partial charge >= 0.3 is 26.8 Å². The van der Waals surface area contributed by atoms with Crippen molar-refractivity contribution in [2.45, 2.75) is 78.1 Å². The molecule has 0 saturated carbocycles. The highest BCUT2D eigenvalue weighted by Gasteiger charge is 2.00. The lowest BCUT2D eigenvalue weighted by Crippen LogP contribution is -2.03. The zero-order valence-corrected chi connectivity index (χ0v) is 18.9. The van der Waals surface area contributed by atoms with Gasteiger partial charge < -0.3 is 10.5 Å². The van der Waals surface area contributed by atoms with Crippen LogP contribution in [0.2, 0.25) is 0 Å². The van der Waals surface area contributed by atoms with Crippen LogP contribution in [-0.4, -0.2) is 56.2 Å². The molecule has 0 amide bonds. The number of hydrogen-bond donors (Lipinski definition) is 4. The lowest BCUT2D eigenvalue weighted by Gasteiger charge is -2.02. The van der Waals surface area contributed by atoms with E-state index in [1.165, 1.54) is 51.9 Å². The average molecular weight is 468 g/mol. The molecule has 5 N–H and O–H groups in total. The fourth-order valence-electron chi connectivity index (χ4n) is 2.03. The predicted octanol–water partition coefficient (Wildman–Crippen LogP) is 2.58. The molecule has 0 aromatic rings. The molecule has 0 atom stereocenters. The third-order valence-electron chi connectivity index (χ3n) is 3.16. The van der Waals surface area contributed by atoms with Gasteiger partial charge in [0.05, 0.1) is 13.2 Å². The Morgan fingerprint density at radius 1 is 0.759 bits per heavy atom. The summed E-state index contributed by atoms with van der Waals surface area (Å²) < 4.78 is 67.1. The quantitative estimate of drug-likeness (QED) is 0.167. The van der Waals surface area contributed by atoms with E-state index >= 15 is 0 Å². The van der Waals surface area contributed by atoms with E-state index in [1.807, 2.05) is 6.92 Å². The predicted molar refractivity (Wildman–Crippen MR) is 109 cm³/mol. The van der Waals surface area contributed by atoms with E-state index in [2.05, 4.69) is 4.18 Å². The summed E-state index contributed by atoms with van der Waals surface area (Å²) in [5.41, 5.74) is 5.43. The normalized spacial score (nSPS) is 11.0. The van der Waals surface area contributed by atoms with Gasteiger partial charge in [-0.25, -0.2) is 4.18 Å². The molecule has 0 spiro atoms. The molecular formula is C16H37NO10S2. The zero-order valence-electron chi connectivity index (χ0n) is 17.3. The van der Waals surface area contributed by atoms with Crippen molar-refractivity contribution in [2.75, 3.05) is 19.8 Å². The van der Waals surface area contributed by atoms with E-state index in [1.54, 1.807) is 0 Å². The Morgan fingerprint density at radius 3 is 1.41 bits per heavy atom. The number of hydrogen-bond acceptors (Lipinski definition) is 8. The Labute approximate surface area is 174 Å². The van der Waals surface area contributed by atoms with Crippen LogP contribution >= 0.6 is 0 Å². The van der Waals surface area contributed by atoms with Crippen molar-refractivity contribution >= 4 is 26.8 Å². The number of nitrogens with two attached hydrogens (primary N) is 1. The van der Waals surface area contributed by atoms with Crippen LogP contribution < -0.4 is 5.73 Å². The van der Waals surface area contributed by atoms with E-state index in [0.29, 0.717) is 13.0 Å². The molecule has 0 fully saturated rings. The molecule has 0 saturated heterocycles. The third kappa shape index (κ3) is 52.1. The maximum Gasteiger partial charge on any atom is 0.397 e. The number of rotatable bonds is 14. The first-order valence-electron chi connectivity index (χ1n) is 9.54. The summed E-state index contributed by atoms with van der Waals surface area (Å²) in [6, 6.07) is 0. The molecule has 178 valence electrons. The maximum absolute atomic E-state index is 11.0. The molecule has 13 heteroatoms. The van der Waals surface area contributed by atoms with Gasteiger partial charge in [-0.3, -0.25) is 18.5 Å². The molecule has 29 heavy (non-hydrogen) atoms. The second kappa shape index (κ2) is 21.9. The molecule has 0 aromatic heterocycles. The number of carbonyl (C=O) groups excluding carboxylic acids is 1. The van der Waals surface area contributed by atoms with Gasteiger partial charge in [0, 0.05) is 6.42 Å². The molecule has 0 heterocycles. The molecule has 0 radical (unpaired) electrons. The van der Waals surface area contributed by atoms with Gasteiger partial charge in [-0.05, 0) is 33.2 Å². The zero-order chi connectivity index (χ0) is 23.2. The van der Waals surface area contributed by atoms with Crippen LogP contribution in [0.25, 0.3) is 0 Å². The van der Waals surface area contributed by atoms with Crippen molar-refractivity contribution in [3.63, 3.8) is 0 Å². The average Bonchev–Trinajstić information content (AvgIpc) is 2.55. The molecule has 0 bridgehead atoms. The lowest BCUT2D eigenvalue weighted by molar-refractivity contribution is -0.143. The van der Waals surface area contributed by atoms with Gasteiger partial charge in [0.2, 0.25) is 0 Å². The largest absolute Gasteiger partial charge is 0.466 e. The first kappa shape index (κ1) is 32.8. The van der Waals surface area contributed by atoms with E-state index in [-0.39, 0.29) is 12.6 Å². The SMILES string of the molecule is CCOC(=O)CCCCCCCCCCCN.CCOS(=O)(=O)O.O=S(=O)(O)O. The Hall–Kier alpha value is -0.830. The van der Waals surface area contributed by atoms with Gasteiger partial charge in [-0.15, -0.1) is 0 Å². The van der Waals surface area contributed by atoms with Crippen LogP contribution in [0, 0.1) is 0 Å². The van der Waals surface area contributed by atoms with Gasteiger partial charge in [-0.1, -0.05) is 44.9 Å². The second-order valence-electron chi connectivity index (χ2n) is 5.81. The van der Waals surface area contributed by atoms with Crippen molar-refractivity contribution in [3.05, 3.63) is 0 Å². The summed E-state index contributed by atoms with van der Waals surface area (Å²) in [5.74, 6) is -0.0470. The third-order valence-corrected chi connectivity index (χ3v) is 3.69. The lowest BCUT2D eigenvalue weighted by atomic mass is 10.1. The second-order valence-corrected chi connectivity index (χ2v) is 7.79. The number of ether oxygens (including phenoxy) is 1. The van der Waals surface area contributed by atoms with Gasteiger partial charge in [-0.2, -0.15) is 16.8 Å². The fourth-order valence-corrected chi connectivity index (χ4v) is 2.33. The minimum absolute atomic E-state index is 0.0289. The van der Waals surface area contributed by atoms with Crippen molar-refractivity contribution in [1.29, 1.82) is 0 Å².